The third kappa shape index (κ3) is 2.22. The summed E-state index contributed by atoms with van der Waals surface area (Å²) < 4.78 is 0. The van der Waals surface area contributed by atoms with Crippen molar-refractivity contribution in [3.8, 4) is 0 Å². The maximum absolute atomic E-state index is 5.57. The topological polar surface area (TPSA) is 0 Å². The van der Waals surface area contributed by atoms with Gasteiger partial charge in [-0.2, -0.15) is 0 Å². The van der Waals surface area contributed by atoms with Crippen LogP contribution in [0.25, 0.3) is 0 Å². The summed E-state index contributed by atoms with van der Waals surface area (Å²) in [5, 5.41) is -0.690. The Labute approximate surface area is 56.8 Å². The van der Waals surface area contributed by atoms with Gasteiger partial charge in [-0.1, -0.05) is 26.0 Å². The molecule has 0 amide bonds. The van der Waals surface area contributed by atoms with E-state index in [-0.39, 0.29) is 5.16 Å². The zero-order chi connectivity index (χ0) is 7.00. The predicted molar refractivity (Wildman–Crippen MR) is 43.7 cm³/mol. The molecule has 3 heteroatoms. The summed E-state index contributed by atoms with van der Waals surface area (Å²) in [5.74, 6) is 0. The molecule has 1 atom stereocenters. The number of rotatable bonds is 1. The minimum atomic E-state index is -0.600. The molecular weight excluding hydrogens is 113 g/mol. The van der Waals surface area contributed by atoms with Gasteiger partial charge in [-0.25, -0.2) is 0 Å². The molecule has 0 fully saturated rings. The summed E-state index contributed by atoms with van der Waals surface area (Å²) in [5.41, 5.74) is 0. The van der Waals surface area contributed by atoms with E-state index in [0.717, 1.165) is 0 Å². The van der Waals surface area contributed by atoms with Gasteiger partial charge in [0.15, 0.2) is 0 Å². The molecule has 0 aromatic heterocycles. The van der Waals surface area contributed by atoms with Crippen molar-refractivity contribution in [2.45, 2.75) is 31.1 Å². The van der Waals surface area contributed by atoms with E-state index < -0.39 is 5.21 Å². The highest BCUT2D eigenvalue weighted by atomic mass is 31.0. The van der Waals surface area contributed by atoms with E-state index in [1.807, 2.05) is 13.8 Å². The van der Waals surface area contributed by atoms with Gasteiger partial charge in [0.25, 0.3) is 0 Å². The first kappa shape index (κ1) is 8.56. The molecular formula is C5H11B2P. The Kier molecular flexibility index (Phi) is 2.21. The van der Waals surface area contributed by atoms with Gasteiger partial charge in [0.1, 0.15) is 0 Å². The molecule has 0 heterocycles. The zero-order valence-corrected chi connectivity index (χ0v) is 6.89. The minimum absolute atomic E-state index is 0.0903. The van der Waals surface area contributed by atoms with E-state index in [1.54, 1.807) is 6.92 Å². The molecule has 0 rings (SSSR count). The first-order valence-electron chi connectivity index (χ1n) is 2.62. The van der Waals surface area contributed by atoms with Gasteiger partial charge in [0, 0.05) is 0 Å². The van der Waals surface area contributed by atoms with Gasteiger partial charge in [-0.3, -0.25) is 0 Å². The molecule has 4 radical (unpaired) electrons. The molecule has 0 spiro atoms. The van der Waals surface area contributed by atoms with Crippen LogP contribution in [0.5, 0.6) is 0 Å². The summed E-state index contributed by atoms with van der Waals surface area (Å²) in [4.78, 5) is 0. The molecule has 8 heavy (non-hydrogen) atoms. The van der Waals surface area contributed by atoms with Crippen molar-refractivity contribution >= 4 is 24.9 Å². The fourth-order valence-corrected chi connectivity index (χ4v) is 0. The van der Waals surface area contributed by atoms with Crippen LogP contribution < -0.4 is 0 Å². The number of hydrogen-bond donors (Lipinski definition) is 0. The molecule has 0 aliphatic rings. The number of hydrogen-bond acceptors (Lipinski definition) is 0. The normalized spacial score (nSPS) is 14.0. The van der Waals surface area contributed by atoms with Gasteiger partial charge < -0.3 is 0 Å². The van der Waals surface area contributed by atoms with E-state index in [1.165, 1.54) is 0 Å². The zero-order valence-electron chi connectivity index (χ0n) is 5.73. The lowest BCUT2D eigenvalue weighted by atomic mass is 9.50. The SMILES string of the molecule is [B]C([B])(C)C(C)(C)P. The van der Waals surface area contributed by atoms with Crippen LogP contribution >= 0.6 is 9.24 Å². The standard InChI is InChI=1S/C5H11B2P/c1-4(2,8)5(3,6)7/h8H2,1-3H3. The second kappa shape index (κ2) is 2.06. The van der Waals surface area contributed by atoms with Gasteiger partial charge in [-0.05, 0) is 5.16 Å². The van der Waals surface area contributed by atoms with Crippen molar-refractivity contribution in [2.75, 3.05) is 0 Å². The fraction of sp³-hybridized carbons (Fsp3) is 1.00. The summed E-state index contributed by atoms with van der Waals surface area (Å²) in [7, 11) is 13.8. The molecule has 0 aromatic rings. The van der Waals surface area contributed by atoms with E-state index in [0.29, 0.717) is 0 Å². The maximum atomic E-state index is 5.57. The molecule has 0 saturated heterocycles. The van der Waals surface area contributed by atoms with Crippen LogP contribution in [0.3, 0.4) is 0 Å². The average molecular weight is 124 g/mol. The first-order chi connectivity index (χ1) is 3.25. The largest absolute Gasteiger partial charge is 0.133 e. The summed E-state index contributed by atoms with van der Waals surface area (Å²) in [6.45, 7) is 5.77. The highest BCUT2D eigenvalue weighted by Crippen LogP contribution is 2.38. The third-order valence-electron chi connectivity index (χ3n) is 1.39. The lowest BCUT2D eigenvalue weighted by molar-refractivity contribution is 0.630. The first-order valence-corrected chi connectivity index (χ1v) is 3.19. The van der Waals surface area contributed by atoms with Crippen LogP contribution in [-0.4, -0.2) is 20.8 Å². The van der Waals surface area contributed by atoms with Gasteiger partial charge in [0.2, 0.25) is 0 Å². The lowest BCUT2D eigenvalue weighted by Crippen LogP contribution is -2.29. The molecule has 1 unspecified atom stereocenters. The Hall–Kier alpha value is 0.560. The van der Waals surface area contributed by atoms with Crippen molar-refractivity contribution < 1.29 is 0 Å². The van der Waals surface area contributed by atoms with Gasteiger partial charge >= 0.3 is 0 Å². The maximum Gasteiger partial charge on any atom is 0.0628 e. The molecule has 0 bridgehead atoms. The lowest BCUT2D eigenvalue weighted by Gasteiger charge is -2.35. The molecule has 0 aliphatic heterocycles. The van der Waals surface area contributed by atoms with E-state index in [4.69, 9.17) is 15.7 Å². The van der Waals surface area contributed by atoms with Crippen LogP contribution in [0.4, 0.5) is 0 Å². The Morgan fingerprint density at radius 3 is 1.25 bits per heavy atom. The quantitative estimate of drug-likeness (QED) is 0.362. The molecule has 0 aliphatic carbocycles. The Morgan fingerprint density at radius 2 is 1.25 bits per heavy atom. The minimum Gasteiger partial charge on any atom is -0.133 e. The van der Waals surface area contributed by atoms with Crippen LogP contribution in [0.15, 0.2) is 0 Å². The van der Waals surface area contributed by atoms with E-state index in [2.05, 4.69) is 9.24 Å². The predicted octanol–water partition coefficient (Wildman–Crippen LogP) is 1.11. The smallest absolute Gasteiger partial charge is 0.0628 e. The molecule has 0 N–H and O–H groups in total. The second-order valence-corrected chi connectivity index (χ2v) is 4.45. The van der Waals surface area contributed by atoms with Crippen LogP contribution in [-0.2, 0) is 0 Å². The monoisotopic (exact) mass is 124 g/mol. The van der Waals surface area contributed by atoms with Crippen molar-refractivity contribution in [1.29, 1.82) is 0 Å². The highest BCUT2D eigenvalue weighted by Gasteiger charge is 2.26. The van der Waals surface area contributed by atoms with Crippen LogP contribution in [0.1, 0.15) is 20.8 Å². The average Bonchev–Trinajstić information content (AvgIpc) is 1.25. The van der Waals surface area contributed by atoms with Crippen LogP contribution in [0, 0.1) is 0 Å². The van der Waals surface area contributed by atoms with Crippen LogP contribution in [0.2, 0.25) is 5.21 Å². The fourth-order valence-electron chi connectivity index (χ4n) is 0. The second-order valence-electron chi connectivity index (χ2n) is 3.00. The van der Waals surface area contributed by atoms with Gasteiger partial charge in [0.05, 0.1) is 15.7 Å². The Balaban J connectivity index is 4.02. The Morgan fingerprint density at radius 1 is 1.12 bits per heavy atom. The van der Waals surface area contributed by atoms with Crippen molar-refractivity contribution in [3.05, 3.63) is 0 Å². The van der Waals surface area contributed by atoms with Crippen molar-refractivity contribution in [2.24, 2.45) is 0 Å². The Bertz CT molecular complexity index is 65.4. The molecule has 0 aromatic carbocycles. The third-order valence-corrected chi connectivity index (χ3v) is 2.01. The highest BCUT2D eigenvalue weighted by molar-refractivity contribution is 7.19. The van der Waals surface area contributed by atoms with Crippen molar-refractivity contribution in [3.63, 3.8) is 0 Å². The molecule has 0 nitrogen and oxygen atoms in total. The van der Waals surface area contributed by atoms with E-state index in [9.17, 15) is 0 Å². The van der Waals surface area contributed by atoms with Gasteiger partial charge in [-0.15, -0.1) is 9.24 Å². The summed E-state index contributed by atoms with van der Waals surface area (Å²) in [6.07, 6.45) is 0. The summed E-state index contributed by atoms with van der Waals surface area (Å²) in [6, 6.07) is 0. The molecule has 42 valence electrons. The van der Waals surface area contributed by atoms with Crippen molar-refractivity contribution in [1.82, 2.24) is 0 Å². The van der Waals surface area contributed by atoms with E-state index >= 15 is 0 Å². The summed E-state index contributed by atoms with van der Waals surface area (Å²) >= 11 is 0. The molecule has 0 saturated carbocycles.